The summed E-state index contributed by atoms with van der Waals surface area (Å²) in [5, 5.41) is 10.5. The third-order valence-electron chi connectivity index (χ3n) is 3.56. The van der Waals surface area contributed by atoms with Crippen molar-refractivity contribution in [2.75, 3.05) is 11.9 Å². The van der Waals surface area contributed by atoms with Crippen LogP contribution in [0.2, 0.25) is 0 Å². The van der Waals surface area contributed by atoms with Gasteiger partial charge in [-0.25, -0.2) is 0 Å². The first-order chi connectivity index (χ1) is 8.63. The normalized spacial score (nSPS) is 15.2. The number of carbonyl (C=O) groups is 1. The second-order valence-electron chi connectivity index (χ2n) is 4.77. The molecule has 1 amide bonds. The number of aromatic hydroxyl groups is 1. The number of amides is 1. The number of hydrogen-bond donors (Lipinski definition) is 1. The molecule has 0 aliphatic heterocycles. The lowest BCUT2D eigenvalue weighted by Gasteiger charge is -2.37. The van der Waals surface area contributed by atoms with E-state index in [1.54, 1.807) is 18.2 Å². The largest absolute Gasteiger partial charge is 0.508 e. The van der Waals surface area contributed by atoms with Gasteiger partial charge in [0.05, 0.1) is 0 Å². The molecule has 18 heavy (non-hydrogen) atoms. The summed E-state index contributed by atoms with van der Waals surface area (Å²) >= 11 is 3.40. The van der Waals surface area contributed by atoms with Crippen molar-refractivity contribution in [2.24, 2.45) is 0 Å². The minimum absolute atomic E-state index is 0.0226. The lowest BCUT2D eigenvalue weighted by molar-refractivity contribution is 0.0599. The second-order valence-corrected chi connectivity index (χ2v) is 5.57. The maximum atomic E-state index is 12.4. The lowest BCUT2D eigenvalue weighted by Crippen LogP contribution is -2.45. The van der Waals surface area contributed by atoms with Gasteiger partial charge in [0.25, 0.3) is 5.91 Å². The molecule has 4 heteroatoms. The first-order valence-electron chi connectivity index (χ1n) is 6.30. The molecule has 3 nitrogen and oxygen atoms in total. The fourth-order valence-electron chi connectivity index (χ4n) is 2.15. The molecule has 1 aliphatic rings. The van der Waals surface area contributed by atoms with E-state index in [9.17, 15) is 9.90 Å². The molecule has 1 aromatic carbocycles. The molecule has 0 atom stereocenters. The summed E-state index contributed by atoms with van der Waals surface area (Å²) in [5.41, 5.74) is 1.37. The molecule has 1 saturated carbocycles. The summed E-state index contributed by atoms with van der Waals surface area (Å²) in [5.74, 6) is 0.211. The van der Waals surface area contributed by atoms with Crippen LogP contribution in [0.3, 0.4) is 0 Å². The Labute approximate surface area is 116 Å². The van der Waals surface area contributed by atoms with Crippen molar-refractivity contribution in [3.63, 3.8) is 0 Å². The number of halogens is 1. The molecular formula is C14H18BrNO2. The Hall–Kier alpha value is -1.03. The Balaban J connectivity index is 2.18. The van der Waals surface area contributed by atoms with Crippen LogP contribution in [0, 0.1) is 6.92 Å². The number of alkyl halides is 1. The van der Waals surface area contributed by atoms with Crippen LogP contribution in [0.25, 0.3) is 0 Å². The summed E-state index contributed by atoms with van der Waals surface area (Å²) in [6.07, 6.45) is 3.39. The number of nitrogens with zero attached hydrogens (tertiary/aromatic N) is 1. The molecule has 0 bridgehead atoms. The van der Waals surface area contributed by atoms with Crippen LogP contribution >= 0.6 is 15.9 Å². The standard InChI is InChI=1S/C14H18BrNO2/c1-10-5-6-11(9-13(10)17)14(18)16(8-7-15)12-3-2-4-12/h5-6,9,12,17H,2-4,7-8H2,1H3. The average Bonchev–Trinajstić information content (AvgIpc) is 2.29. The van der Waals surface area contributed by atoms with Gasteiger partial charge in [0, 0.05) is 23.5 Å². The van der Waals surface area contributed by atoms with E-state index >= 15 is 0 Å². The van der Waals surface area contributed by atoms with Crippen molar-refractivity contribution in [3.8, 4) is 5.75 Å². The van der Waals surface area contributed by atoms with Gasteiger partial charge in [0.1, 0.15) is 5.75 Å². The molecule has 1 aliphatic carbocycles. The number of aryl methyl sites for hydroxylation is 1. The van der Waals surface area contributed by atoms with Crippen molar-refractivity contribution >= 4 is 21.8 Å². The molecule has 1 N–H and O–H groups in total. The highest BCUT2D eigenvalue weighted by Gasteiger charge is 2.28. The van der Waals surface area contributed by atoms with E-state index in [-0.39, 0.29) is 11.7 Å². The topological polar surface area (TPSA) is 40.5 Å². The summed E-state index contributed by atoms with van der Waals surface area (Å²) in [6, 6.07) is 5.52. The van der Waals surface area contributed by atoms with Gasteiger partial charge in [-0.15, -0.1) is 0 Å². The van der Waals surface area contributed by atoms with Gasteiger partial charge in [0.15, 0.2) is 0 Å². The van der Waals surface area contributed by atoms with Gasteiger partial charge < -0.3 is 10.0 Å². The third-order valence-corrected chi connectivity index (χ3v) is 3.91. The van der Waals surface area contributed by atoms with Gasteiger partial charge in [-0.05, 0) is 43.9 Å². The van der Waals surface area contributed by atoms with E-state index in [4.69, 9.17) is 0 Å². The monoisotopic (exact) mass is 311 g/mol. The zero-order valence-corrected chi connectivity index (χ0v) is 12.1. The van der Waals surface area contributed by atoms with Crippen molar-refractivity contribution in [2.45, 2.75) is 32.2 Å². The molecule has 0 saturated heterocycles. The molecule has 1 fully saturated rings. The van der Waals surface area contributed by atoms with Gasteiger partial charge in [-0.3, -0.25) is 4.79 Å². The lowest BCUT2D eigenvalue weighted by atomic mass is 9.91. The van der Waals surface area contributed by atoms with Crippen LogP contribution in [-0.4, -0.2) is 33.8 Å². The van der Waals surface area contributed by atoms with Crippen LogP contribution in [0.4, 0.5) is 0 Å². The summed E-state index contributed by atoms with van der Waals surface area (Å²) in [6.45, 7) is 2.55. The molecule has 0 aromatic heterocycles. The Morgan fingerprint density at radius 3 is 2.72 bits per heavy atom. The zero-order valence-electron chi connectivity index (χ0n) is 10.5. The molecule has 0 unspecified atom stereocenters. The van der Waals surface area contributed by atoms with E-state index in [1.807, 2.05) is 11.8 Å². The van der Waals surface area contributed by atoms with Gasteiger partial charge in [0.2, 0.25) is 0 Å². The molecule has 0 radical (unpaired) electrons. The fourth-order valence-corrected chi connectivity index (χ4v) is 2.53. The zero-order chi connectivity index (χ0) is 13.1. The van der Waals surface area contributed by atoms with E-state index in [0.717, 1.165) is 30.3 Å². The van der Waals surface area contributed by atoms with Crippen LogP contribution in [0.15, 0.2) is 18.2 Å². The Bertz CT molecular complexity index is 443. The maximum absolute atomic E-state index is 12.4. The molecule has 0 spiro atoms. The highest BCUT2D eigenvalue weighted by atomic mass is 79.9. The molecule has 0 heterocycles. The molecule has 2 rings (SSSR count). The van der Waals surface area contributed by atoms with Crippen LogP contribution in [-0.2, 0) is 0 Å². The minimum Gasteiger partial charge on any atom is -0.508 e. The van der Waals surface area contributed by atoms with Crippen molar-refractivity contribution in [1.82, 2.24) is 4.90 Å². The first-order valence-corrected chi connectivity index (χ1v) is 7.42. The SMILES string of the molecule is Cc1ccc(C(=O)N(CCBr)C2CCC2)cc1O. The number of phenols is 1. The van der Waals surface area contributed by atoms with Crippen LogP contribution < -0.4 is 0 Å². The predicted octanol–water partition coefficient (Wildman–Crippen LogP) is 3.09. The third kappa shape index (κ3) is 2.69. The van der Waals surface area contributed by atoms with E-state index in [0.29, 0.717) is 11.6 Å². The average molecular weight is 312 g/mol. The van der Waals surface area contributed by atoms with Crippen molar-refractivity contribution < 1.29 is 9.90 Å². The fraction of sp³-hybridized carbons (Fsp3) is 0.500. The van der Waals surface area contributed by atoms with E-state index in [1.165, 1.54) is 6.42 Å². The van der Waals surface area contributed by atoms with Gasteiger partial charge >= 0.3 is 0 Å². The number of phenolic OH excluding ortho intramolecular Hbond substituents is 1. The second kappa shape index (κ2) is 5.74. The summed E-state index contributed by atoms with van der Waals surface area (Å²) < 4.78 is 0. The number of benzene rings is 1. The highest BCUT2D eigenvalue weighted by Crippen LogP contribution is 2.27. The molecule has 1 aromatic rings. The van der Waals surface area contributed by atoms with E-state index in [2.05, 4.69) is 15.9 Å². The minimum atomic E-state index is 0.0226. The van der Waals surface area contributed by atoms with Crippen LogP contribution in [0.1, 0.15) is 35.2 Å². The smallest absolute Gasteiger partial charge is 0.254 e. The maximum Gasteiger partial charge on any atom is 0.254 e. The number of hydrogen-bond acceptors (Lipinski definition) is 2. The number of carbonyl (C=O) groups excluding carboxylic acids is 1. The Morgan fingerprint density at radius 2 is 2.22 bits per heavy atom. The Kier molecular flexibility index (Phi) is 4.27. The first kappa shape index (κ1) is 13.4. The quantitative estimate of drug-likeness (QED) is 0.868. The summed E-state index contributed by atoms with van der Waals surface area (Å²) in [4.78, 5) is 14.3. The number of rotatable bonds is 4. The highest BCUT2D eigenvalue weighted by molar-refractivity contribution is 9.09. The van der Waals surface area contributed by atoms with E-state index < -0.39 is 0 Å². The van der Waals surface area contributed by atoms with Gasteiger partial charge in [-0.2, -0.15) is 0 Å². The van der Waals surface area contributed by atoms with Crippen molar-refractivity contribution in [3.05, 3.63) is 29.3 Å². The van der Waals surface area contributed by atoms with Crippen molar-refractivity contribution in [1.29, 1.82) is 0 Å². The van der Waals surface area contributed by atoms with Crippen LogP contribution in [0.5, 0.6) is 5.75 Å². The molecule has 98 valence electrons. The van der Waals surface area contributed by atoms with Gasteiger partial charge in [-0.1, -0.05) is 22.0 Å². The Morgan fingerprint density at radius 1 is 1.50 bits per heavy atom. The summed E-state index contributed by atoms with van der Waals surface area (Å²) in [7, 11) is 0. The predicted molar refractivity (Wildman–Crippen MR) is 75.3 cm³/mol. The molecular weight excluding hydrogens is 294 g/mol.